The summed E-state index contributed by atoms with van der Waals surface area (Å²) < 4.78 is 10.5. The van der Waals surface area contributed by atoms with Crippen LogP contribution in [0, 0.1) is 0 Å². The zero-order valence-corrected chi connectivity index (χ0v) is 18.2. The molecule has 0 fully saturated rings. The van der Waals surface area contributed by atoms with Crippen LogP contribution in [0.15, 0.2) is 83.9 Å². The van der Waals surface area contributed by atoms with Crippen molar-refractivity contribution < 1.29 is 19.1 Å². The van der Waals surface area contributed by atoms with Crippen LogP contribution in [0.25, 0.3) is 0 Å². The molecule has 3 aromatic carbocycles. The molecule has 3 aromatic rings. The van der Waals surface area contributed by atoms with E-state index in [2.05, 4.69) is 10.3 Å². The summed E-state index contributed by atoms with van der Waals surface area (Å²) in [7, 11) is 0. The van der Waals surface area contributed by atoms with Crippen molar-refractivity contribution >= 4 is 23.8 Å². The Morgan fingerprint density at radius 1 is 0.969 bits per heavy atom. The number of benzene rings is 3. The molecule has 32 heavy (non-hydrogen) atoms. The topological polar surface area (TPSA) is 77.0 Å². The molecule has 1 atom stereocenters. The van der Waals surface area contributed by atoms with Crippen LogP contribution in [-0.2, 0) is 9.53 Å². The Labute approximate surface area is 187 Å². The number of nitrogens with one attached hydrogen (secondary N) is 1. The van der Waals surface area contributed by atoms with E-state index >= 15 is 0 Å². The van der Waals surface area contributed by atoms with Crippen LogP contribution in [0.3, 0.4) is 0 Å². The summed E-state index contributed by atoms with van der Waals surface area (Å²) in [6.45, 7) is 3.99. The quantitative estimate of drug-likeness (QED) is 0.388. The zero-order valence-electron chi connectivity index (χ0n) is 18.2. The number of carbonyl (C=O) groups is 2. The fourth-order valence-corrected chi connectivity index (χ4v) is 2.95. The molecule has 0 saturated heterocycles. The molecule has 0 aromatic heterocycles. The minimum atomic E-state index is -0.346. The summed E-state index contributed by atoms with van der Waals surface area (Å²) in [6, 6.07) is 23.9. The number of amides is 1. The molecule has 6 heteroatoms. The highest BCUT2D eigenvalue weighted by atomic mass is 16.5. The van der Waals surface area contributed by atoms with Crippen molar-refractivity contribution in [1.82, 2.24) is 5.32 Å². The summed E-state index contributed by atoms with van der Waals surface area (Å²) in [5.41, 5.74) is 3.14. The highest BCUT2D eigenvalue weighted by Gasteiger charge is 2.09. The van der Waals surface area contributed by atoms with Crippen molar-refractivity contribution in [2.45, 2.75) is 19.9 Å². The van der Waals surface area contributed by atoms with Gasteiger partial charge in [-0.3, -0.25) is 9.79 Å². The average molecular weight is 431 g/mol. The van der Waals surface area contributed by atoms with Gasteiger partial charge in [0.25, 0.3) is 5.91 Å². The number of hydrogen-bond acceptors (Lipinski definition) is 5. The summed E-state index contributed by atoms with van der Waals surface area (Å²) in [5.74, 6) is 0.0727. The SMILES string of the molecule is CCOC(=O)c1ccc(N=Cc2ccc(OCC(=O)N[C@H](C)c3ccccc3)cc2)cc1. The number of rotatable bonds is 9. The molecule has 1 N–H and O–H groups in total. The van der Waals surface area contributed by atoms with Crippen LogP contribution in [0.1, 0.15) is 41.4 Å². The molecule has 0 spiro atoms. The number of ether oxygens (including phenoxy) is 2. The smallest absolute Gasteiger partial charge is 0.338 e. The van der Waals surface area contributed by atoms with Gasteiger partial charge < -0.3 is 14.8 Å². The Balaban J connectivity index is 1.48. The normalized spacial score (nSPS) is 11.7. The molecule has 0 unspecified atom stereocenters. The zero-order chi connectivity index (χ0) is 22.8. The summed E-state index contributed by atoms with van der Waals surface area (Å²) in [5, 5.41) is 2.92. The van der Waals surface area contributed by atoms with Crippen LogP contribution in [-0.4, -0.2) is 31.3 Å². The van der Waals surface area contributed by atoms with Crippen LogP contribution in [0.5, 0.6) is 5.75 Å². The van der Waals surface area contributed by atoms with Crippen LogP contribution >= 0.6 is 0 Å². The largest absolute Gasteiger partial charge is 0.484 e. The summed E-state index contributed by atoms with van der Waals surface area (Å²) in [4.78, 5) is 28.2. The number of carbonyl (C=O) groups excluding carboxylic acids is 2. The van der Waals surface area contributed by atoms with E-state index in [1.807, 2.05) is 49.4 Å². The lowest BCUT2D eigenvalue weighted by atomic mass is 10.1. The van der Waals surface area contributed by atoms with Gasteiger partial charge in [-0.15, -0.1) is 0 Å². The van der Waals surface area contributed by atoms with Gasteiger partial charge in [-0.25, -0.2) is 4.79 Å². The van der Waals surface area contributed by atoms with E-state index in [4.69, 9.17) is 9.47 Å². The Morgan fingerprint density at radius 3 is 2.31 bits per heavy atom. The van der Waals surface area contributed by atoms with E-state index in [0.717, 1.165) is 16.8 Å². The molecule has 0 aliphatic heterocycles. The van der Waals surface area contributed by atoms with E-state index in [0.29, 0.717) is 17.9 Å². The minimum absolute atomic E-state index is 0.0581. The maximum atomic E-state index is 12.1. The first-order valence-electron chi connectivity index (χ1n) is 10.4. The number of esters is 1. The second-order valence-electron chi connectivity index (χ2n) is 7.08. The molecule has 0 aliphatic carbocycles. The molecule has 0 saturated carbocycles. The minimum Gasteiger partial charge on any atom is -0.484 e. The van der Waals surface area contributed by atoms with Gasteiger partial charge in [0.1, 0.15) is 5.75 Å². The lowest BCUT2D eigenvalue weighted by Gasteiger charge is -2.14. The molecule has 0 heterocycles. The molecule has 3 rings (SSSR count). The number of aliphatic imine (C=N–C) groups is 1. The summed E-state index contributed by atoms with van der Waals surface area (Å²) in [6.07, 6.45) is 1.72. The lowest BCUT2D eigenvalue weighted by molar-refractivity contribution is -0.123. The second-order valence-corrected chi connectivity index (χ2v) is 7.08. The van der Waals surface area contributed by atoms with E-state index in [-0.39, 0.29) is 24.5 Å². The molecular weight excluding hydrogens is 404 g/mol. The van der Waals surface area contributed by atoms with Gasteiger partial charge in [-0.1, -0.05) is 30.3 Å². The molecule has 0 aliphatic rings. The van der Waals surface area contributed by atoms with E-state index in [9.17, 15) is 9.59 Å². The molecule has 6 nitrogen and oxygen atoms in total. The van der Waals surface area contributed by atoms with Gasteiger partial charge in [-0.05, 0) is 73.5 Å². The molecule has 164 valence electrons. The standard InChI is InChI=1S/C26H26N2O4/c1-3-31-26(30)22-11-13-23(14-12-22)27-17-20-9-15-24(16-10-20)32-18-25(29)28-19(2)21-7-5-4-6-8-21/h4-17,19H,3,18H2,1-2H3,(H,28,29)/t19-/m1/s1. The first kappa shape index (κ1) is 22.7. The number of hydrogen-bond donors (Lipinski definition) is 1. The first-order valence-corrected chi connectivity index (χ1v) is 10.4. The van der Waals surface area contributed by atoms with E-state index < -0.39 is 0 Å². The highest BCUT2D eigenvalue weighted by Crippen LogP contribution is 2.16. The molecular formula is C26H26N2O4. The Morgan fingerprint density at radius 2 is 1.66 bits per heavy atom. The second kappa shape index (κ2) is 11.5. The van der Waals surface area contributed by atoms with Crippen molar-refractivity contribution in [1.29, 1.82) is 0 Å². The third-order valence-corrected chi connectivity index (χ3v) is 4.67. The molecule has 0 radical (unpaired) electrons. The van der Waals surface area contributed by atoms with Crippen LogP contribution in [0.4, 0.5) is 5.69 Å². The highest BCUT2D eigenvalue weighted by molar-refractivity contribution is 5.90. The van der Waals surface area contributed by atoms with Crippen molar-refractivity contribution in [3.63, 3.8) is 0 Å². The van der Waals surface area contributed by atoms with Gasteiger partial charge in [-0.2, -0.15) is 0 Å². The Hall–Kier alpha value is -3.93. The average Bonchev–Trinajstić information content (AvgIpc) is 2.83. The van der Waals surface area contributed by atoms with E-state index in [1.54, 1.807) is 49.5 Å². The molecule has 0 bridgehead atoms. The van der Waals surface area contributed by atoms with Gasteiger partial charge in [0.15, 0.2) is 6.61 Å². The lowest BCUT2D eigenvalue weighted by Crippen LogP contribution is -2.31. The van der Waals surface area contributed by atoms with Gasteiger partial charge in [0.2, 0.25) is 0 Å². The maximum Gasteiger partial charge on any atom is 0.338 e. The Bertz CT molecular complexity index is 1050. The summed E-state index contributed by atoms with van der Waals surface area (Å²) >= 11 is 0. The predicted octanol–water partition coefficient (Wildman–Crippen LogP) is 4.87. The van der Waals surface area contributed by atoms with Crippen molar-refractivity contribution in [3.05, 3.63) is 95.6 Å². The fourth-order valence-electron chi connectivity index (χ4n) is 2.95. The van der Waals surface area contributed by atoms with Crippen molar-refractivity contribution in [3.8, 4) is 5.75 Å². The maximum absolute atomic E-state index is 12.1. The van der Waals surface area contributed by atoms with Crippen LogP contribution in [0.2, 0.25) is 0 Å². The third-order valence-electron chi connectivity index (χ3n) is 4.67. The van der Waals surface area contributed by atoms with Gasteiger partial charge in [0.05, 0.1) is 23.9 Å². The first-order chi connectivity index (χ1) is 15.5. The van der Waals surface area contributed by atoms with Crippen molar-refractivity contribution in [2.24, 2.45) is 4.99 Å². The third kappa shape index (κ3) is 6.80. The predicted molar refractivity (Wildman–Crippen MR) is 125 cm³/mol. The number of nitrogens with zero attached hydrogens (tertiary/aromatic N) is 1. The van der Waals surface area contributed by atoms with Gasteiger partial charge in [0, 0.05) is 6.21 Å². The van der Waals surface area contributed by atoms with Crippen molar-refractivity contribution in [2.75, 3.05) is 13.2 Å². The Kier molecular flexibility index (Phi) is 8.15. The van der Waals surface area contributed by atoms with Gasteiger partial charge >= 0.3 is 5.97 Å². The van der Waals surface area contributed by atoms with Crippen LogP contribution < -0.4 is 10.1 Å². The monoisotopic (exact) mass is 430 g/mol. The fraction of sp³-hybridized carbons (Fsp3) is 0.192. The van der Waals surface area contributed by atoms with E-state index in [1.165, 1.54) is 0 Å². The molecule has 1 amide bonds.